The average Bonchev–Trinajstić information content (AvgIpc) is 2.52. The highest BCUT2D eigenvalue weighted by molar-refractivity contribution is 6.30. The van der Waals surface area contributed by atoms with Gasteiger partial charge in [-0.3, -0.25) is 9.79 Å². The number of allylic oxidation sites excluding steroid dienone is 2. The maximum absolute atomic E-state index is 12.0. The lowest BCUT2D eigenvalue weighted by Crippen LogP contribution is -2.37. The Labute approximate surface area is 136 Å². The molecule has 1 aliphatic heterocycles. The fraction of sp³-hybridized carbons (Fsp3) is 0.222. The number of benzene rings is 1. The van der Waals surface area contributed by atoms with Crippen molar-refractivity contribution in [2.24, 2.45) is 4.99 Å². The summed E-state index contributed by atoms with van der Waals surface area (Å²) in [6.07, 6.45) is 6.84. The van der Waals surface area contributed by atoms with E-state index in [4.69, 9.17) is 11.6 Å². The van der Waals surface area contributed by atoms with Gasteiger partial charge in [0.2, 0.25) is 5.91 Å². The van der Waals surface area contributed by atoms with E-state index in [2.05, 4.69) is 18.2 Å². The SMILES string of the molecule is C=CC(=O)N1Cc2cc(Cl)ccc2[C@@H](C(=C)/C=C\C=NC)C1. The van der Waals surface area contributed by atoms with E-state index in [0.717, 1.165) is 11.1 Å². The van der Waals surface area contributed by atoms with Crippen molar-refractivity contribution in [3.8, 4) is 0 Å². The van der Waals surface area contributed by atoms with Crippen molar-refractivity contribution in [1.29, 1.82) is 0 Å². The minimum atomic E-state index is -0.0810. The van der Waals surface area contributed by atoms with Crippen LogP contribution in [0.1, 0.15) is 17.0 Å². The molecule has 0 unspecified atom stereocenters. The van der Waals surface area contributed by atoms with Crippen LogP contribution in [0.15, 0.2) is 60.2 Å². The number of rotatable bonds is 4. The summed E-state index contributed by atoms with van der Waals surface area (Å²) < 4.78 is 0. The number of hydrogen-bond acceptors (Lipinski definition) is 2. The Hall–Kier alpha value is -2.13. The third-order valence-corrected chi connectivity index (χ3v) is 3.96. The summed E-state index contributed by atoms with van der Waals surface area (Å²) in [7, 11) is 1.72. The molecule has 1 atom stereocenters. The highest BCUT2D eigenvalue weighted by Gasteiger charge is 2.28. The Bertz CT molecular complexity index is 661. The van der Waals surface area contributed by atoms with Crippen LogP contribution in [0.2, 0.25) is 5.02 Å². The molecule has 0 radical (unpaired) electrons. The van der Waals surface area contributed by atoms with Gasteiger partial charge in [-0.05, 0) is 41.0 Å². The van der Waals surface area contributed by atoms with Gasteiger partial charge in [0, 0.05) is 37.3 Å². The molecule has 1 aromatic rings. The molecule has 22 heavy (non-hydrogen) atoms. The second-order valence-electron chi connectivity index (χ2n) is 5.16. The Balaban J connectivity index is 2.37. The minimum Gasteiger partial charge on any atom is -0.334 e. The first-order valence-electron chi connectivity index (χ1n) is 7.04. The van der Waals surface area contributed by atoms with Gasteiger partial charge in [0.15, 0.2) is 0 Å². The van der Waals surface area contributed by atoms with E-state index in [0.29, 0.717) is 18.1 Å². The fourth-order valence-electron chi connectivity index (χ4n) is 2.62. The summed E-state index contributed by atoms with van der Waals surface area (Å²) in [5.74, 6) is -0.0334. The number of carbonyl (C=O) groups is 1. The normalized spacial score (nSPS) is 17.7. The van der Waals surface area contributed by atoms with E-state index in [-0.39, 0.29) is 11.8 Å². The molecule has 4 heteroatoms. The predicted molar refractivity (Wildman–Crippen MR) is 92.5 cm³/mol. The van der Waals surface area contributed by atoms with Crippen LogP contribution in [0.5, 0.6) is 0 Å². The van der Waals surface area contributed by atoms with Crippen LogP contribution in [0, 0.1) is 0 Å². The second kappa shape index (κ2) is 7.23. The van der Waals surface area contributed by atoms with Crippen molar-refractivity contribution >= 4 is 23.7 Å². The van der Waals surface area contributed by atoms with E-state index in [1.165, 1.54) is 11.6 Å². The minimum absolute atomic E-state index is 0.0476. The number of carbonyl (C=O) groups excluding carboxylic acids is 1. The molecule has 0 fully saturated rings. The Morgan fingerprint density at radius 3 is 2.95 bits per heavy atom. The van der Waals surface area contributed by atoms with Gasteiger partial charge in [0.1, 0.15) is 0 Å². The van der Waals surface area contributed by atoms with Crippen LogP contribution in [-0.4, -0.2) is 30.6 Å². The summed E-state index contributed by atoms with van der Waals surface area (Å²) in [5, 5.41) is 0.671. The molecule has 0 N–H and O–H groups in total. The van der Waals surface area contributed by atoms with E-state index in [9.17, 15) is 4.79 Å². The van der Waals surface area contributed by atoms with Crippen molar-refractivity contribution in [2.75, 3.05) is 13.6 Å². The van der Waals surface area contributed by atoms with Crippen molar-refractivity contribution in [3.63, 3.8) is 0 Å². The largest absolute Gasteiger partial charge is 0.334 e. The van der Waals surface area contributed by atoms with Crippen LogP contribution in [-0.2, 0) is 11.3 Å². The number of hydrogen-bond donors (Lipinski definition) is 0. The molecular formula is C18H19ClN2O. The summed E-state index contributed by atoms with van der Waals surface area (Å²) >= 11 is 6.09. The summed E-state index contributed by atoms with van der Waals surface area (Å²) in [4.78, 5) is 17.7. The van der Waals surface area contributed by atoms with Gasteiger partial charge in [-0.2, -0.15) is 0 Å². The number of nitrogens with zero attached hydrogens (tertiary/aromatic N) is 2. The number of fused-ring (bicyclic) bond motifs is 1. The van der Waals surface area contributed by atoms with Gasteiger partial charge in [-0.25, -0.2) is 0 Å². The van der Waals surface area contributed by atoms with E-state index in [1.54, 1.807) is 18.2 Å². The van der Waals surface area contributed by atoms with Gasteiger partial charge in [-0.1, -0.05) is 36.9 Å². The van der Waals surface area contributed by atoms with Crippen LogP contribution in [0.25, 0.3) is 0 Å². The number of amides is 1. The maximum Gasteiger partial charge on any atom is 0.246 e. The molecule has 0 spiro atoms. The Morgan fingerprint density at radius 1 is 1.50 bits per heavy atom. The molecule has 1 heterocycles. The zero-order valence-electron chi connectivity index (χ0n) is 12.6. The van der Waals surface area contributed by atoms with Crippen molar-refractivity contribution < 1.29 is 4.79 Å². The lowest BCUT2D eigenvalue weighted by Gasteiger charge is -2.34. The summed E-state index contributed by atoms with van der Waals surface area (Å²) in [6, 6.07) is 5.81. The van der Waals surface area contributed by atoms with Crippen LogP contribution in [0.3, 0.4) is 0 Å². The van der Waals surface area contributed by atoms with Gasteiger partial charge in [0.25, 0.3) is 0 Å². The molecule has 1 aromatic carbocycles. The first kappa shape index (κ1) is 16.2. The quantitative estimate of drug-likeness (QED) is 0.473. The lowest BCUT2D eigenvalue weighted by molar-refractivity contribution is -0.127. The molecule has 0 saturated carbocycles. The predicted octanol–water partition coefficient (Wildman–Crippen LogP) is 3.76. The fourth-order valence-corrected chi connectivity index (χ4v) is 2.82. The number of halogens is 1. The van der Waals surface area contributed by atoms with E-state index in [1.807, 2.05) is 30.4 Å². The Morgan fingerprint density at radius 2 is 2.27 bits per heavy atom. The number of aliphatic imine (C=N–C) groups is 1. The highest BCUT2D eigenvalue weighted by Crippen LogP contribution is 2.34. The van der Waals surface area contributed by atoms with Gasteiger partial charge in [-0.15, -0.1) is 0 Å². The van der Waals surface area contributed by atoms with Gasteiger partial charge < -0.3 is 4.90 Å². The molecule has 3 nitrogen and oxygen atoms in total. The zero-order chi connectivity index (χ0) is 16.1. The molecular weight excluding hydrogens is 296 g/mol. The molecule has 114 valence electrons. The molecule has 0 saturated heterocycles. The molecule has 0 aromatic heterocycles. The smallest absolute Gasteiger partial charge is 0.246 e. The monoisotopic (exact) mass is 314 g/mol. The third kappa shape index (κ3) is 3.55. The molecule has 2 rings (SSSR count). The van der Waals surface area contributed by atoms with Crippen molar-refractivity contribution in [3.05, 3.63) is 71.3 Å². The van der Waals surface area contributed by atoms with Crippen LogP contribution < -0.4 is 0 Å². The van der Waals surface area contributed by atoms with E-state index < -0.39 is 0 Å². The molecule has 0 aliphatic carbocycles. The molecule has 1 aliphatic rings. The first-order chi connectivity index (χ1) is 10.6. The summed E-state index contributed by atoms with van der Waals surface area (Å²) in [6.45, 7) is 8.85. The van der Waals surface area contributed by atoms with Gasteiger partial charge in [0.05, 0.1) is 0 Å². The lowest BCUT2D eigenvalue weighted by atomic mass is 9.84. The van der Waals surface area contributed by atoms with Crippen molar-refractivity contribution in [1.82, 2.24) is 4.90 Å². The Kier molecular flexibility index (Phi) is 5.34. The third-order valence-electron chi connectivity index (χ3n) is 3.72. The van der Waals surface area contributed by atoms with Crippen LogP contribution in [0.4, 0.5) is 0 Å². The van der Waals surface area contributed by atoms with Crippen molar-refractivity contribution in [2.45, 2.75) is 12.5 Å². The van der Waals surface area contributed by atoms with Gasteiger partial charge >= 0.3 is 0 Å². The maximum atomic E-state index is 12.0. The van der Waals surface area contributed by atoms with E-state index >= 15 is 0 Å². The summed E-state index contributed by atoms with van der Waals surface area (Å²) in [5.41, 5.74) is 3.16. The average molecular weight is 315 g/mol. The zero-order valence-corrected chi connectivity index (χ0v) is 13.4. The topological polar surface area (TPSA) is 32.7 Å². The highest BCUT2D eigenvalue weighted by atomic mass is 35.5. The van der Waals surface area contributed by atoms with Crippen LogP contribution >= 0.6 is 11.6 Å². The first-order valence-corrected chi connectivity index (χ1v) is 7.42. The molecule has 1 amide bonds. The second-order valence-corrected chi connectivity index (χ2v) is 5.60. The molecule has 0 bridgehead atoms. The standard InChI is InChI=1S/C18H19ClN2O/c1-4-18(22)21-11-14-10-15(19)7-8-16(14)17(12-21)13(2)6-5-9-20-3/h4-10,17H,1-2,11-12H2,3H3/b6-5-,20-9?/t17-/m1/s1.